The van der Waals surface area contributed by atoms with Crippen molar-refractivity contribution in [2.45, 2.75) is 72.4 Å². The lowest BCUT2D eigenvalue weighted by molar-refractivity contribution is -0.173. The van der Waals surface area contributed by atoms with Crippen LogP contribution in [0, 0.1) is 16.7 Å². The van der Waals surface area contributed by atoms with Crippen LogP contribution in [0.1, 0.15) is 71.2 Å². The van der Waals surface area contributed by atoms with E-state index in [4.69, 9.17) is 32.7 Å². The number of hydrogen-bond donors (Lipinski definition) is 1. The molecule has 0 aromatic heterocycles. The van der Waals surface area contributed by atoms with Crippen molar-refractivity contribution in [1.82, 2.24) is 15.1 Å². The summed E-state index contributed by atoms with van der Waals surface area (Å²) in [6.45, 7) is 11.9. The second-order valence-electron chi connectivity index (χ2n) is 12.7. The van der Waals surface area contributed by atoms with E-state index < -0.39 is 40.3 Å². The molecule has 42 heavy (non-hydrogen) atoms. The molecule has 1 saturated carbocycles. The fourth-order valence-corrected chi connectivity index (χ4v) is 6.21. The third-order valence-electron chi connectivity index (χ3n) is 8.67. The van der Waals surface area contributed by atoms with Crippen molar-refractivity contribution in [2.75, 3.05) is 33.3 Å². The minimum atomic E-state index is -1.21. The average molecular weight is 627 g/mol. The number of amides is 3. The first-order valence-electron chi connectivity index (χ1n) is 14.1. The number of rotatable bonds is 7. The highest BCUT2D eigenvalue weighted by molar-refractivity contribution is 6.39. The van der Waals surface area contributed by atoms with Crippen LogP contribution in [0.15, 0.2) is 18.2 Å². The molecule has 0 radical (unpaired) electrons. The van der Waals surface area contributed by atoms with Gasteiger partial charge in [-0.25, -0.2) is 4.79 Å². The molecule has 3 rings (SSSR count). The number of nitrogens with zero attached hydrogens (tertiary/aromatic N) is 2. The smallest absolute Gasteiger partial charge is 0.328 e. The van der Waals surface area contributed by atoms with Crippen molar-refractivity contribution >= 4 is 52.9 Å². The molecule has 1 saturated heterocycles. The zero-order valence-electron chi connectivity index (χ0n) is 25.3. The summed E-state index contributed by atoms with van der Waals surface area (Å²) in [4.78, 5) is 68.6. The van der Waals surface area contributed by atoms with Crippen LogP contribution in [0.3, 0.4) is 0 Å². The number of methoxy groups -OCH3 is 1. The van der Waals surface area contributed by atoms with Gasteiger partial charge in [0, 0.05) is 32.1 Å². The summed E-state index contributed by atoms with van der Waals surface area (Å²) in [6.07, 6.45) is 0.554. The van der Waals surface area contributed by atoms with Gasteiger partial charge in [0.2, 0.25) is 11.8 Å². The van der Waals surface area contributed by atoms with Crippen molar-refractivity contribution in [1.29, 1.82) is 0 Å². The first-order valence-corrected chi connectivity index (χ1v) is 14.8. The highest BCUT2D eigenvalue weighted by atomic mass is 35.5. The Labute approximate surface area is 257 Å². The zero-order valence-corrected chi connectivity index (χ0v) is 26.9. The predicted molar refractivity (Wildman–Crippen MR) is 158 cm³/mol. The molecule has 3 atom stereocenters. The molecule has 12 heteroatoms. The van der Waals surface area contributed by atoms with E-state index in [0.717, 1.165) is 0 Å². The van der Waals surface area contributed by atoms with Crippen molar-refractivity contribution in [3.8, 4) is 0 Å². The van der Waals surface area contributed by atoms with E-state index in [2.05, 4.69) is 5.32 Å². The largest absolute Gasteiger partial charge is 0.467 e. The van der Waals surface area contributed by atoms with Gasteiger partial charge < -0.3 is 24.6 Å². The highest BCUT2D eigenvalue weighted by Gasteiger charge is 2.59. The Morgan fingerprint density at radius 2 is 1.55 bits per heavy atom. The van der Waals surface area contributed by atoms with Gasteiger partial charge in [0.1, 0.15) is 11.6 Å². The van der Waals surface area contributed by atoms with Crippen LogP contribution < -0.4 is 5.32 Å². The Kier molecular flexibility index (Phi) is 10.3. The SMILES string of the molecule is COC(=O)[C@H](CC(=O)N1CCN(C(=O)c2c(Cl)cccc2Cl)CC1)NC(=O)[C@H]1CC[C@@](C)(C(=O)OC(C)(C)C)C1(C)C. The lowest BCUT2D eigenvalue weighted by Gasteiger charge is -2.40. The Morgan fingerprint density at radius 1 is 1.00 bits per heavy atom. The van der Waals surface area contributed by atoms with E-state index in [1.165, 1.54) is 7.11 Å². The summed E-state index contributed by atoms with van der Waals surface area (Å²) in [5, 5.41) is 3.21. The van der Waals surface area contributed by atoms with Gasteiger partial charge in [0.05, 0.1) is 34.6 Å². The molecule has 1 aromatic rings. The maximum atomic E-state index is 13.5. The maximum absolute atomic E-state index is 13.5. The molecule has 1 N–H and O–H groups in total. The van der Waals surface area contributed by atoms with E-state index in [-0.39, 0.29) is 66.0 Å². The van der Waals surface area contributed by atoms with Gasteiger partial charge in [0.15, 0.2) is 0 Å². The third-order valence-corrected chi connectivity index (χ3v) is 9.30. The molecular weight excluding hydrogens is 585 g/mol. The number of nitrogens with one attached hydrogen (secondary N) is 1. The van der Waals surface area contributed by atoms with Crippen LogP contribution in [0.25, 0.3) is 0 Å². The molecule has 2 fully saturated rings. The lowest BCUT2D eigenvalue weighted by Crippen LogP contribution is -2.54. The molecule has 232 valence electrons. The Hall–Kier alpha value is -2.85. The molecule has 1 aliphatic heterocycles. The van der Waals surface area contributed by atoms with E-state index in [1.807, 2.05) is 13.8 Å². The third kappa shape index (κ3) is 7.02. The van der Waals surface area contributed by atoms with Crippen molar-refractivity contribution in [3.05, 3.63) is 33.8 Å². The van der Waals surface area contributed by atoms with Gasteiger partial charge in [-0.1, -0.05) is 43.1 Å². The summed E-state index contributed by atoms with van der Waals surface area (Å²) in [7, 11) is 1.19. The quantitative estimate of drug-likeness (QED) is 0.452. The lowest BCUT2D eigenvalue weighted by atomic mass is 9.65. The standard InChI is InChI=1S/C30H41Cl2N3O7/c1-28(2,3)42-27(40)30(6)12-11-18(29(30,4)5)24(37)33-21(26(39)41-7)17-22(36)34-13-15-35(16-14-34)25(38)23-19(31)9-8-10-20(23)32/h8-10,18,21H,11-17H2,1-7H3,(H,33,37)/t18-,21+,30+/m1/s1. The van der Waals surface area contributed by atoms with Crippen LogP contribution in [0.2, 0.25) is 10.0 Å². The van der Waals surface area contributed by atoms with Crippen LogP contribution in [0.5, 0.6) is 0 Å². The molecule has 2 aliphatic rings. The average Bonchev–Trinajstić information content (AvgIpc) is 3.15. The molecule has 1 aromatic carbocycles. The number of esters is 2. The number of benzene rings is 1. The minimum Gasteiger partial charge on any atom is -0.467 e. The summed E-state index contributed by atoms with van der Waals surface area (Å²) >= 11 is 12.4. The fourth-order valence-electron chi connectivity index (χ4n) is 5.65. The number of carbonyl (C=O) groups excluding carboxylic acids is 5. The van der Waals surface area contributed by atoms with Gasteiger partial charge in [-0.2, -0.15) is 0 Å². The van der Waals surface area contributed by atoms with Gasteiger partial charge >= 0.3 is 11.9 Å². The van der Waals surface area contributed by atoms with Crippen LogP contribution in [0.4, 0.5) is 0 Å². The Bertz CT molecular complexity index is 1220. The number of ether oxygens (including phenoxy) is 2. The van der Waals surface area contributed by atoms with E-state index in [9.17, 15) is 24.0 Å². The van der Waals surface area contributed by atoms with Crippen LogP contribution in [-0.4, -0.2) is 84.4 Å². The number of halogens is 2. The molecule has 10 nitrogen and oxygen atoms in total. The second-order valence-corrected chi connectivity index (χ2v) is 13.5. The van der Waals surface area contributed by atoms with E-state index in [0.29, 0.717) is 12.8 Å². The summed E-state index contributed by atoms with van der Waals surface area (Å²) < 4.78 is 10.6. The molecule has 3 amide bonds. The van der Waals surface area contributed by atoms with E-state index >= 15 is 0 Å². The van der Waals surface area contributed by atoms with Crippen molar-refractivity contribution in [2.24, 2.45) is 16.7 Å². The molecule has 0 bridgehead atoms. The fraction of sp³-hybridized carbons (Fsp3) is 0.633. The van der Waals surface area contributed by atoms with Crippen molar-refractivity contribution in [3.63, 3.8) is 0 Å². The van der Waals surface area contributed by atoms with Crippen LogP contribution >= 0.6 is 23.2 Å². The molecule has 1 aliphatic carbocycles. The number of hydrogen-bond acceptors (Lipinski definition) is 7. The second kappa shape index (κ2) is 12.8. The summed E-state index contributed by atoms with van der Waals surface area (Å²) in [5.41, 5.74) is -2.15. The summed E-state index contributed by atoms with van der Waals surface area (Å²) in [6, 6.07) is 3.63. The first kappa shape index (κ1) is 33.6. The molecular formula is C30H41Cl2N3O7. The maximum Gasteiger partial charge on any atom is 0.328 e. The molecule has 1 heterocycles. The Morgan fingerprint density at radius 3 is 2.07 bits per heavy atom. The monoisotopic (exact) mass is 625 g/mol. The Balaban J connectivity index is 1.64. The van der Waals surface area contributed by atoms with Gasteiger partial charge in [-0.05, 0) is 58.1 Å². The molecule has 0 spiro atoms. The number of carbonyl (C=O) groups is 5. The van der Waals surface area contributed by atoms with E-state index in [1.54, 1.807) is 55.7 Å². The highest BCUT2D eigenvalue weighted by Crippen LogP contribution is 2.57. The van der Waals surface area contributed by atoms with Gasteiger partial charge in [-0.15, -0.1) is 0 Å². The van der Waals surface area contributed by atoms with Gasteiger partial charge in [0.25, 0.3) is 5.91 Å². The zero-order chi connectivity index (χ0) is 31.6. The first-order chi connectivity index (χ1) is 19.4. The molecule has 0 unspecified atom stereocenters. The normalized spacial score (nSPS) is 22.7. The number of piperazine rings is 1. The topological polar surface area (TPSA) is 122 Å². The minimum absolute atomic E-state index is 0.215. The summed E-state index contributed by atoms with van der Waals surface area (Å²) in [5.74, 6) is -2.83. The predicted octanol–water partition coefficient (Wildman–Crippen LogP) is 4.11. The van der Waals surface area contributed by atoms with Gasteiger partial charge in [-0.3, -0.25) is 19.2 Å². The van der Waals surface area contributed by atoms with Crippen LogP contribution in [-0.2, 0) is 28.7 Å². The van der Waals surface area contributed by atoms with Crippen molar-refractivity contribution < 1.29 is 33.4 Å².